The van der Waals surface area contributed by atoms with Crippen LogP contribution in [0.4, 0.5) is 5.69 Å². The van der Waals surface area contributed by atoms with E-state index >= 15 is 0 Å². The van der Waals surface area contributed by atoms with Crippen LogP contribution in [0.15, 0.2) is 70.7 Å². The third-order valence-electron chi connectivity index (χ3n) is 4.65. The topological polar surface area (TPSA) is 115 Å². The highest BCUT2D eigenvalue weighted by Gasteiger charge is 2.18. The van der Waals surface area contributed by atoms with Crippen LogP contribution in [0.5, 0.6) is 17.2 Å². The fraction of sp³-hybridized carbons (Fsp3) is 0.130. The molecule has 3 aromatic carbocycles. The number of amides is 1. The van der Waals surface area contributed by atoms with Gasteiger partial charge in [0, 0.05) is 16.7 Å². The number of nitrogens with zero attached hydrogens (tertiary/aromatic N) is 1. The number of hydrogen-bond acceptors (Lipinski definition) is 7. The maximum absolute atomic E-state index is 12.7. The van der Waals surface area contributed by atoms with Crippen LogP contribution in [0.3, 0.4) is 0 Å². The second kappa shape index (κ2) is 10.9. The number of halogens is 1. The number of carbonyl (C=O) groups is 1. The van der Waals surface area contributed by atoms with Gasteiger partial charge in [-0.25, -0.2) is 13.8 Å². The molecule has 1 amide bonds. The molecule has 0 unspecified atom stereocenters. The molecule has 0 aliphatic rings. The number of sulfonamides is 1. The fourth-order valence-corrected chi connectivity index (χ4v) is 4.17. The quantitative estimate of drug-likeness (QED) is 0.337. The summed E-state index contributed by atoms with van der Waals surface area (Å²) >= 11 is 5.83. The van der Waals surface area contributed by atoms with Crippen molar-refractivity contribution in [3.05, 3.63) is 76.8 Å². The third kappa shape index (κ3) is 5.77. The van der Waals surface area contributed by atoms with E-state index in [-0.39, 0.29) is 16.1 Å². The zero-order valence-corrected chi connectivity index (χ0v) is 20.1. The van der Waals surface area contributed by atoms with Gasteiger partial charge >= 0.3 is 0 Å². The van der Waals surface area contributed by atoms with Gasteiger partial charge in [0.15, 0.2) is 11.5 Å². The normalized spacial score (nSPS) is 11.2. The van der Waals surface area contributed by atoms with Crippen LogP contribution in [0.25, 0.3) is 0 Å². The van der Waals surface area contributed by atoms with Crippen LogP contribution < -0.4 is 24.4 Å². The zero-order valence-electron chi connectivity index (χ0n) is 18.5. The first kappa shape index (κ1) is 24.9. The number of methoxy groups -OCH3 is 3. The van der Waals surface area contributed by atoms with Gasteiger partial charge in [0.05, 0.1) is 43.7 Å². The summed E-state index contributed by atoms with van der Waals surface area (Å²) in [7, 11) is 0.543. The van der Waals surface area contributed by atoms with E-state index in [4.69, 9.17) is 25.8 Å². The SMILES string of the molecule is COc1cc(OC)c(OC)cc1/C=N/NC(=O)c1ccccc1NS(=O)(=O)c1ccc(Cl)cc1. The first-order valence-electron chi connectivity index (χ1n) is 9.80. The van der Waals surface area contributed by atoms with Gasteiger partial charge in [-0.05, 0) is 42.5 Å². The summed E-state index contributed by atoms with van der Waals surface area (Å²) in [4.78, 5) is 12.8. The van der Waals surface area contributed by atoms with Crippen LogP contribution in [-0.4, -0.2) is 41.9 Å². The number of carbonyl (C=O) groups excluding carboxylic acids is 1. The van der Waals surface area contributed by atoms with Gasteiger partial charge in [-0.3, -0.25) is 9.52 Å². The molecule has 0 saturated carbocycles. The van der Waals surface area contributed by atoms with Gasteiger partial charge < -0.3 is 14.2 Å². The van der Waals surface area contributed by atoms with E-state index in [1.807, 2.05) is 0 Å². The van der Waals surface area contributed by atoms with E-state index in [1.165, 1.54) is 63.9 Å². The van der Waals surface area contributed by atoms with Crippen molar-refractivity contribution in [2.75, 3.05) is 26.1 Å². The summed E-state index contributed by atoms with van der Waals surface area (Å²) < 4.78 is 43.7. The van der Waals surface area contributed by atoms with Crippen LogP contribution >= 0.6 is 11.6 Å². The second-order valence-corrected chi connectivity index (χ2v) is 8.87. The Morgan fingerprint density at radius 2 is 1.53 bits per heavy atom. The Labute approximate surface area is 202 Å². The molecule has 11 heteroatoms. The fourth-order valence-electron chi connectivity index (χ4n) is 2.96. The minimum Gasteiger partial charge on any atom is -0.496 e. The maximum Gasteiger partial charge on any atom is 0.273 e. The molecule has 9 nitrogen and oxygen atoms in total. The van der Waals surface area contributed by atoms with Crippen molar-refractivity contribution in [2.45, 2.75) is 4.90 Å². The van der Waals surface area contributed by atoms with Gasteiger partial charge in [0.2, 0.25) is 0 Å². The Morgan fingerprint density at radius 3 is 2.18 bits per heavy atom. The predicted molar refractivity (Wildman–Crippen MR) is 130 cm³/mol. The Kier molecular flexibility index (Phi) is 7.98. The highest BCUT2D eigenvalue weighted by Crippen LogP contribution is 2.33. The van der Waals surface area contributed by atoms with Crippen LogP contribution in [-0.2, 0) is 10.0 Å². The van der Waals surface area contributed by atoms with E-state index in [9.17, 15) is 13.2 Å². The summed E-state index contributed by atoms with van der Waals surface area (Å²) in [5, 5.41) is 4.38. The Hall–Kier alpha value is -3.76. The molecule has 0 spiro atoms. The first-order chi connectivity index (χ1) is 16.3. The monoisotopic (exact) mass is 503 g/mol. The van der Waals surface area contributed by atoms with E-state index in [1.54, 1.807) is 24.3 Å². The van der Waals surface area contributed by atoms with Crippen molar-refractivity contribution in [3.63, 3.8) is 0 Å². The first-order valence-corrected chi connectivity index (χ1v) is 11.7. The van der Waals surface area contributed by atoms with Gasteiger partial charge in [0.1, 0.15) is 5.75 Å². The minimum atomic E-state index is -3.94. The largest absolute Gasteiger partial charge is 0.496 e. The molecule has 3 rings (SSSR count). The van der Waals surface area contributed by atoms with E-state index < -0.39 is 15.9 Å². The lowest BCUT2D eigenvalue weighted by Crippen LogP contribution is -2.21. The predicted octanol–water partition coefficient (Wildman–Crippen LogP) is 3.93. The summed E-state index contributed by atoms with van der Waals surface area (Å²) in [6.45, 7) is 0. The van der Waals surface area contributed by atoms with Gasteiger partial charge in [-0.1, -0.05) is 23.7 Å². The van der Waals surface area contributed by atoms with Crippen molar-refractivity contribution in [1.82, 2.24) is 5.43 Å². The number of hydrazone groups is 1. The average Bonchev–Trinajstić information content (AvgIpc) is 2.83. The number of ether oxygens (including phenoxy) is 3. The number of hydrogen-bond donors (Lipinski definition) is 2. The summed E-state index contributed by atoms with van der Waals surface area (Å²) in [6, 6.07) is 15.1. The highest BCUT2D eigenvalue weighted by molar-refractivity contribution is 7.92. The van der Waals surface area contributed by atoms with Crippen LogP contribution in [0.1, 0.15) is 15.9 Å². The molecule has 0 aromatic heterocycles. The molecule has 0 fully saturated rings. The van der Waals surface area contributed by atoms with Crippen LogP contribution in [0.2, 0.25) is 5.02 Å². The average molecular weight is 504 g/mol. The zero-order chi connectivity index (χ0) is 24.7. The molecule has 0 aliphatic heterocycles. The molecule has 34 heavy (non-hydrogen) atoms. The highest BCUT2D eigenvalue weighted by atomic mass is 35.5. The molecule has 178 valence electrons. The summed E-state index contributed by atoms with van der Waals surface area (Å²) in [5.74, 6) is 0.761. The standard InChI is InChI=1S/C23H22ClN3O6S/c1-31-20-13-22(33-3)21(32-2)12-15(20)14-25-26-23(28)18-6-4-5-7-19(18)27-34(29,30)17-10-8-16(24)9-11-17/h4-14,27H,1-3H3,(H,26,28)/b25-14+. The molecule has 0 aliphatic carbocycles. The molecule has 0 saturated heterocycles. The van der Waals surface area contributed by atoms with Gasteiger partial charge in [-0.2, -0.15) is 5.10 Å². The second-order valence-electron chi connectivity index (χ2n) is 6.75. The number of rotatable bonds is 9. The summed E-state index contributed by atoms with van der Waals surface area (Å²) in [5.41, 5.74) is 3.09. The van der Waals surface area contributed by atoms with Crippen molar-refractivity contribution < 1.29 is 27.4 Å². The molecule has 0 radical (unpaired) electrons. The Bertz CT molecular complexity index is 1310. The van der Waals surface area contributed by atoms with Crippen LogP contribution in [0, 0.1) is 0 Å². The molecular formula is C23H22ClN3O6S. The third-order valence-corrected chi connectivity index (χ3v) is 6.28. The molecule has 0 bridgehead atoms. The number of para-hydroxylation sites is 1. The number of anilines is 1. The molecule has 0 heterocycles. The molecule has 2 N–H and O–H groups in total. The van der Waals surface area contributed by atoms with E-state index in [0.717, 1.165) is 0 Å². The van der Waals surface area contributed by atoms with Crippen molar-refractivity contribution in [1.29, 1.82) is 0 Å². The number of nitrogens with one attached hydrogen (secondary N) is 2. The lowest BCUT2D eigenvalue weighted by molar-refractivity contribution is 0.0956. The number of benzene rings is 3. The van der Waals surface area contributed by atoms with E-state index in [0.29, 0.717) is 27.8 Å². The lowest BCUT2D eigenvalue weighted by atomic mass is 10.2. The molecule has 3 aromatic rings. The Balaban J connectivity index is 1.81. The van der Waals surface area contributed by atoms with Crippen molar-refractivity contribution in [2.24, 2.45) is 5.10 Å². The summed E-state index contributed by atoms with van der Waals surface area (Å²) in [6.07, 6.45) is 1.37. The van der Waals surface area contributed by atoms with Gasteiger partial charge in [0.25, 0.3) is 15.9 Å². The minimum absolute atomic E-state index is 0.00526. The van der Waals surface area contributed by atoms with Crippen molar-refractivity contribution >= 4 is 39.4 Å². The van der Waals surface area contributed by atoms with E-state index in [2.05, 4.69) is 15.2 Å². The maximum atomic E-state index is 12.7. The molecule has 0 atom stereocenters. The molecular weight excluding hydrogens is 482 g/mol. The smallest absolute Gasteiger partial charge is 0.273 e. The lowest BCUT2D eigenvalue weighted by Gasteiger charge is -2.12. The van der Waals surface area contributed by atoms with Gasteiger partial charge in [-0.15, -0.1) is 0 Å². The Morgan fingerprint density at radius 1 is 0.912 bits per heavy atom. The van der Waals surface area contributed by atoms with Crippen molar-refractivity contribution in [3.8, 4) is 17.2 Å².